The standard InChI is InChI=1S/C17H19N5O2/c1-9(2)14-8-15(23)21-17(20-14)22-16-18-10(3)12-7-11(24-4)5-6-13(12)19-16/h5-9H,1-4H3,(H2,18,19,20,21,22,23). The van der Waals surface area contributed by atoms with Crippen molar-refractivity contribution in [1.29, 1.82) is 0 Å². The summed E-state index contributed by atoms with van der Waals surface area (Å²) in [5, 5.41) is 3.90. The number of aryl methyl sites for hydroxylation is 1. The van der Waals surface area contributed by atoms with Crippen LogP contribution in [0.5, 0.6) is 5.75 Å². The van der Waals surface area contributed by atoms with Gasteiger partial charge in [0, 0.05) is 11.5 Å². The molecular formula is C17H19N5O2. The van der Waals surface area contributed by atoms with E-state index in [2.05, 4.69) is 25.3 Å². The fourth-order valence-electron chi connectivity index (χ4n) is 2.38. The number of nitrogens with zero attached hydrogens (tertiary/aromatic N) is 3. The number of H-pyrrole nitrogens is 1. The first-order valence-electron chi connectivity index (χ1n) is 7.67. The highest BCUT2D eigenvalue weighted by Gasteiger charge is 2.09. The van der Waals surface area contributed by atoms with Crippen molar-refractivity contribution >= 4 is 22.8 Å². The van der Waals surface area contributed by atoms with Crippen LogP contribution < -0.4 is 15.6 Å². The molecule has 3 rings (SSSR count). The van der Waals surface area contributed by atoms with E-state index in [4.69, 9.17) is 4.74 Å². The van der Waals surface area contributed by atoms with E-state index in [1.54, 1.807) is 7.11 Å². The number of hydrogen-bond donors (Lipinski definition) is 2. The van der Waals surface area contributed by atoms with Crippen molar-refractivity contribution in [3.8, 4) is 5.75 Å². The van der Waals surface area contributed by atoms with Gasteiger partial charge in [0.2, 0.25) is 11.9 Å². The van der Waals surface area contributed by atoms with Gasteiger partial charge >= 0.3 is 0 Å². The molecule has 2 heterocycles. The first kappa shape index (κ1) is 15.9. The van der Waals surface area contributed by atoms with E-state index in [1.807, 2.05) is 39.0 Å². The zero-order valence-electron chi connectivity index (χ0n) is 14.0. The van der Waals surface area contributed by atoms with Crippen LogP contribution in [0.3, 0.4) is 0 Å². The smallest absolute Gasteiger partial charge is 0.252 e. The predicted molar refractivity (Wildman–Crippen MR) is 93.1 cm³/mol. The van der Waals surface area contributed by atoms with Crippen molar-refractivity contribution in [1.82, 2.24) is 19.9 Å². The van der Waals surface area contributed by atoms with Gasteiger partial charge in [-0.05, 0) is 31.0 Å². The van der Waals surface area contributed by atoms with Crippen molar-refractivity contribution in [3.63, 3.8) is 0 Å². The van der Waals surface area contributed by atoms with E-state index in [-0.39, 0.29) is 11.5 Å². The molecule has 24 heavy (non-hydrogen) atoms. The van der Waals surface area contributed by atoms with Gasteiger partial charge in [-0.25, -0.2) is 15.0 Å². The Morgan fingerprint density at radius 3 is 2.67 bits per heavy atom. The predicted octanol–water partition coefficient (Wildman–Crippen LogP) is 2.90. The molecule has 0 amide bonds. The summed E-state index contributed by atoms with van der Waals surface area (Å²) in [5.74, 6) is 1.62. The first-order valence-corrected chi connectivity index (χ1v) is 7.67. The van der Waals surface area contributed by atoms with Gasteiger partial charge in [0.25, 0.3) is 5.56 Å². The minimum Gasteiger partial charge on any atom is -0.497 e. The molecule has 1 aromatic carbocycles. The van der Waals surface area contributed by atoms with Crippen LogP contribution >= 0.6 is 0 Å². The Bertz CT molecular complexity index is 949. The molecule has 3 aromatic rings. The van der Waals surface area contributed by atoms with Crippen molar-refractivity contribution in [2.24, 2.45) is 0 Å². The van der Waals surface area contributed by atoms with Gasteiger partial charge in [-0.2, -0.15) is 0 Å². The number of ether oxygens (including phenoxy) is 1. The second-order valence-corrected chi connectivity index (χ2v) is 5.81. The zero-order chi connectivity index (χ0) is 17.3. The highest BCUT2D eigenvalue weighted by atomic mass is 16.5. The molecule has 0 aliphatic heterocycles. The molecular weight excluding hydrogens is 306 g/mol. The Kier molecular flexibility index (Phi) is 4.16. The molecule has 0 unspecified atom stereocenters. The second-order valence-electron chi connectivity index (χ2n) is 5.81. The van der Waals surface area contributed by atoms with Crippen molar-refractivity contribution in [2.45, 2.75) is 26.7 Å². The number of benzene rings is 1. The quantitative estimate of drug-likeness (QED) is 0.766. The number of anilines is 2. The number of rotatable bonds is 4. The summed E-state index contributed by atoms with van der Waals surface area (Å²) in [6, 6.07) is 7.11. The highest BCUT2D eigenvalue weighted by Crippen LogP contribution is 2.23. The van der Waals surface area contributed by atoms with Gasteiger partial charge in [-0.1, -0.05) is 13.8 Å². The van der Waals surface area contributed by atoms with E-state index >= 15 is 0 Å². The Hall–Kier alpha value is -2.96. The summed E-state index contributed by atoms with van der Waals surface area (Å²) in [6.45, 7) is 5.86. The summed E-state index contributed by atoms with van der Waals surface area (Å²) >= 11 is 0. The topological polar surface area (TPSA) is 92.8 Å². The van der Waals surface area contributed by atoms with Crippen LogP contribution in [-0.2, 0) is 0 Å². The van der Waals surface area contributed by atoms with Crippen LogP contribution in [0.4, 0.5) is 11.9 Å². The van der Waals surface area contributed by atoms with Crippen LogP contribution in [0, 0.1) is 6.92 Å². The van der Waals surface area contributed by atoms with Crippen molar-refractivity contribution in [2.75, 3.05) is 12.4 Å². The number of aromatic nitrogens is 4. The molecule has 2 aromatic heterocycles. The van der Waals surface area contributed by atoms with Crippen LogP contribution in [0.2, 0.25) is 0 Å². The Labute approximate surface area is 139 Å². The second kappa shape index (κ2) is 6.27. The fourth-order valence-corrected chi connectivity index (χ4v) is 2.38. The maximum atomic E-state index is 11.8. The number of nitrogens with one attached hydrogen (secondary N) is 2. The number of fused-ring (bicyclic) bond motifs is 1. The minimum absolute atomic E-state index is 0.152. The van der Waals surface area contributed by atoms with Gasteiger partial charge < -0.3 is 4.74 Å². The molecule has 124 valence electrons. The molecule has 0 atom stereocenters. The van der Waals surface area contributed by atoms with Crippen LogP contribution in [0.25, 0.3) is 10.9 Å². The van der Waals surface area contributed by atoms with E-state index in [0.29, 0.717) is 17.6 Å². The summed E-state index contributed by atoms with van der Waals surface area (Å²) in [5.41, 5.74) is 2.10. The third-order valence-corrected chi connectivity index (χ3v) is 3.68. The van der Waals surface area contributed by atoms with Gasteiger partial charge in [0.1, 0.15) is 5.75 Å². The van der Waals surface area contributed by atoms with Crippen LogP contribution in [-0.4, -0.2) is 27.0 Å². The SMILES string of the molecule is COc1ccc2nc(Nc3nc(C(C)C)cc(=O)[nH]3)nc(C)c2c1. The summed E-state index contributed by atoms with van der Waals surface area (Å²) in [6.07, 6.45) is 0. The average molecular weight is 325 g/mol. The van der Waals surface area contributed by atoms with Gasteiger partial charge in [0.15, 0.2) is 0 Å². The van der Waals surface area contributed by atoms with E-state index in [1.165, 1.54) is 6.07 Å². The third-order valence-electron chi connectivity index (χ3n) is 3.68. The van der Waals surface area contributed by atoms with E-state index in [0.717, 1.165) is 22.3 Å². The van der Waals surface area contributed by atoms with Gasteiger partial charge in [0.05, 0.1) is 24.0 Å². The maximum absolute atomic E-state index is 11.8. The number of hydrogen-bond acceptors (Lipinski definition) is 6. The van der Waals surface area contributed by atoms with Gasteiger partial charge in [-0.3, -0.25) is 15.1 Å². The van der Waals surface area contributed by atoms with Crippen LogP contribution in [0.15, 0.2) is 29.1 Å². The van der Waals surface area contributed by atoms with E-state index in [9.17, 15) is 4.79 Å². The minimum atomic E-state index is -0.210. The molecule has 0 spiro atoms. The lowest BCUT2D eigenvalue weighted by molar-refractivity contribution is 0.415. The lowest BCUT2D eigenvalue weighted by Gasteiger charge is -2.10. The lowest BCUT2D eigenvalue weighted by atomic mass is 10.1. The van der Waals surface area contributed by atoms with Gasteiger partial charge in [-0.15, -0.1) is 0 Å². The number of methoxy groups -OCH3 is 1. The lowest BCUT2D eigenvalue weighted by Crippen LogP contribution is -2.13. The summed E-state index contributed by atoms with van der Waals surface area (Å²) < 4.78 is 5.23. The molecule has 0 saturated heterocycles. The van der Waals surface area contributed by atoms with E-state index < -0.39 is 0 Å². The molecule has 0 bridgehead atoms. The maximum Gasteiger partial charge on any atom is 0.252 e. The molecule has 2 N–H and O–H groups in total. The zero-order valence-corrected chi connectivity index (χ0v) is 14.0. The normalized spacial score (nSPS) is 11.0. The Balaban J connectivity index is 2.00. The highest BCUT2D eigenvalue weighted by molar-refractivity contribution is 5.83. The van der Waals surface area contributed by atoms with Crippen LogP contribution in [0.1, 0.15) is 31.2 Å². The molecule has 7 heteroatoms. The Morgan fingerprint density at radius 1 is 1.17 bits per heavy atom. The van der Waals surface area contributed by atoms with Crippen molar-refractivity contribution < 1.29 is 4.74 Å². The molecule has 7 nitrogen and oxygen atoms in total. The largest absolute Gasteiger partial charge is 0.497 e. The monoisotopic (exact) mass is 325 g/mol. The molecule has 0 fully saturated rings. The summed E-state index contributed by atoms with van der Waals surface area (Å²) in [7, 11) is 1.62. The van der Waals surface area contributed by atoms with Crippen molar-refractivity contribution in [3.05, 3.63) is 46.0 Å². The average Bonchev–Trinajstić information content (AvgIpc) is 2.54. The first-order chi connectivity index (χ1) is 11.5. The molecule has 0 aliphatic carbocycles. The number of aromatic amines is 1. The molecule has 0 aliphatic rings. The molecule has 0 saturated carbocycles. The third kappa shape index (κ3) is 3.19. The fraction of sp³-hybridized carbons (Fsp3) is 0.294. The summed E-state index contributed by atoms with van der Waals surface area (Å²) in [4.78, 5) is 27.7. The molecule has 0 radical (unpaired) electrons. The Morgan fingerprint density at radius 2 is 1.96 bits per heavy atom.